The molecule has 1 aromatic carbocycles. The summed E-state index contributed by atoms with van der Waals surface area (Å²) in [5, 5.41) is 5.60. The van der Waals surface area contributed by atoms with Gasteiger partial charge in [0.15, 0.2) is 6.61 Å². The summed E-state index contributed by atoms with van der Waals surface area (Å²) in [7, 11) is 0. The van der Waals surface area contributed by atoms with Gasteiger partial charge in [0.25, 0.3) is 11.8 Å². The SMILES string of the molecule is CSCC[C@H](NC(=O)c1ccc(Cl)cc1)C(=O)OCC(=O)N1CCNC1=O. The van der Waals surface area contributed by atoms with E-state index in [2.05, 4.69) is 10.6 Å². The highest BCUT2D eigenvalue weighted by Crippen LogP contribution is 2.11. The number of halogens is 1. The first kappa shape index (κ1) is 21.0. The van der Waals surface area contributed by atoms with Crippen molar-refractivity contribution in [3.8, 4) is 0 Å². The molecular weight excluding hydrogens is 394 g/mol. The van der Waals surface area contributed by atoms with Crippen LogP contribution in [0.15, 0.2) is 24.3 Å². The number of hydrogen-bond acceptors (Lipinski definition) is 6. The number of nitrogens with zero attached hydrogens (tertiary/aromatic N) is 1. The van der Waals surface area contributed by atoms with E-state index in [1.807, 2.05) is 6.26 Å². The second kappa shape index (κ2) is 10.2. The lowest BCUT2D eigenvalue weighted by atomic mass is 10.1. The van der Waals surface area contributed by atoms with Crippen LogP contribution in [0.2, 0.25) is 5.02 Å². The fourth-order valence-electron chi connectivity index (χ4n) is 2.35. The summed E-state index contributed by atoms with van der Waals surface area (Å²) in [5.74, 6) is -1.16. The number of urea groups is 1. The van der Waals surface area contributed by atoms with Gasteiger partial charge in [0.05, 0.1) is 0 Å². The lowest BCUT2D eigenvalue weighted by Crippen LogP contribution is -2.44. The molecule has 1 saturated heterocycles. The zero-order valence-electron chi connectivity index (χ0n) is 14.7. The molecule has 1 heterocycles. The molecule has 1 fully saturated rings. The maximum atomic E-state index is 12.3. The number of esters is 1. The highest BCUT2D eigenvalue weighted by Gasteiger charge is 2.28. The molecule has 0 unspecified atom stereocenters. The van der Waals surface area contributed by atoms with Gasteiger partial charge in [-0.05, 0) is 42.7 Å². The first-order valence-corrected chi connectivity index (χ1v) is 9.99. The molecule has 27 heavy (non-hydrogen) atoms. The van der Waals surface area contributed by atoms with Crippen LogP contribution in [-0.2, 0) is 14.3 Å². The molecule has 2 rings (SSSR count). The van der Waals surface area contributed by atoms with Gasteiger partial charge < -0.3 is 15.4 Å². The lowest BCUT2D eigenvalue weighted by Gasteiger charge is -2.18. The van der Waals surface area contributed by atoms with Crippen LogP contribution in [0.3, 0.4) is 0 Å². The minimum absolute atomic E-state index is 0.235. The van der Waals surface area contributed by atoms with E-state index in [0.29, 0.717) is 29.3 Å². The highest BCUT2D eigenvalue weighted by molar-refractivity contribution is 7.98. The van der Waals surface area contributed by atoms with Crippen molar-refractivity contribution in [3.63, 3.8) is 0 Å². The molecule has 146 valence electrons. The van der Waals surface area contributed by atoms with Crippen LogP contribution in [0.25, 0.3) is 0 Å². The topological polar surface area (TPSA) is 105 Å². The van der Waals surface area contributed by atoms with Crippen LogP contribution in [0.4, 0.5) is 4.79 Å². The molecule has 10 heteroatoms. The fourth-order valence-corrected chi connectivity index (χ4v) is 2.95. The van der Waals surface area contributed by atoms with Crippen LogP contribution in [0.1, 0.15) is 16.8 Å². The van der Waals surface area contributed by atoms with Gasteiger partial charge in [-0.15, -0.1) is 0 Å². The quantitative estimate of drug-likeness (QED) is 0.622. The number of carbonyl (C=O) groups excluding carboxylic acids is 4. The lowest BCUT2D eigenvalue weighted by molar-refractivity contribution is -0.152. The maximum Gasteiger partial charge on any atom is 0.329 e. The minimum atomic E-state index is -0.902. The number of hydrogen-bond donors (Lipinski definition) is 2. The van der Waals surface area contributed by atoms with Gasteiger partial charge >= 0.3 is 12.0 Å². The Morgan fingerprint density at radius 2 is 2.04 bits per heavy atom. The first-order valence-electron chi connectivity index (χ1n) is 8.22. The summed E-state index contributed by atoms with van der Waals surface area (Å²) < 4.78 is 5.02. The molecule has 1 atom stereocenters. The van der Waals surface area contributed by atoms with E-state index < -0.39 is 36.5 Å². The standard InChI is InChI=1S/C17H20ClN3O5S/c1-27-9-6-13(20-15(23)11-2-4-12(18)5-3-11)16(24)26-10-14(22)21-8-7-19-17(21)25/h2-5,13H,6-10H2,1H3,(H,19,25)(H,20,23)/t13-/m0/s1. The van der Waals surface area contributed by atoms with Gasteiger partial charge in [-0.2, -0.15) is 11.8 Å². The molecular formula is C17H20ClN3O5S. The second-order valence-corrected chi connectivity index (χ2v) is 7.12. The van der Waals surface area contributed by atoms with Gasteiger partial charge in [0.2, 0.25) is 0 Å². The predicted molar refractivity (Wildman–Crippen MR) is 102 cm³/mol. The van der Waals surface area contributed by atoms with Gasteiger partial charge in [0, 0.05) is 23.7 Å². The van der Waals surface area contributed by atoms with Crippen LogP contribution < -0.4 is 10.6 Å². The summed E-state index contributed by atoms with van der Waals surface area (Å²) >= 11 is 7.32. The normalized spacial score (nSPS) is 14.4. The summed E-state index contributed by atoms with van der Waals surface area (Å²) in [6.07, 6.45) is 2.22. The predicted octanol–water partition coefficient (Wildman–Crippen LogP) is 1.29. The highest BCUT2D eigenvalue weighted by atomic mass is 35.5. The Hall–Kier alpha value is -2.26. The van der Waals surface area contributed by atoms with E-state index in [1.54, 1.807) is 24.3 Å². The monoisotopic (exact) mass is 413 g/mol. The Morgan fingerprint density at radius 3 is 2.63 bits per heavy atom. The molecule has 0 aliphatic carbocycles. The summed E-state index contributed by atoms with van der Waals surface area (Å²) in [6, 6.07) is 4.83. The molecule has 0 bridgehead atoms. The Bertz CT molecular complexity index is 713. The minimum Gasteiger partial charge on any atom is -0.454 e. The number of nitrogens with one attached hydrogen (secondary N) is 2. The molecule has 8 nitrogen and oxygen atoms in total. The molecule has 0 radical (unpaired) electrons. The van der Waals surface area contributed by atoms with Gasteiger partial charge in [0.1, 0.15) is 6.04 Å². The molecule has 4 amide bonds. The van der Waals surface area contributed by atoms with Crippen molar-refractivity contribution in [1.29, 1.82) is 0 Å². The van der Waals surface area contributed by atoms with Crippen LogP contribution in [-0.4, -0.2) is 66.5 Å². The zero-order chi connectivity index (χ0) is 19.8. The summed E-state index contributed by atoms with van der Waals surface area (Å²) in [5.41, 5.74) is 0.353. The molecule has 1 aromatic rings. The molecule has 1 aliphatic rings. The van der Waals surface area contributed by atoms with Gasteiger partial charge in [-0.1, -0.05) is 11.6 Å². The maximum absolute atomic E-state index is 12.3. The van der Waals surface area contributed by atoms with Gasteiger partial charge in [-0.25, -0.2) is 9.59 Å². The number of carbonyl (C=O) groups is 4. The number of benzene rings is 1. The van der Waals surface area contributed by atoms with Crippen LogP contribution >= 0.6 is 23.4 Å². The van der Waals surface area contributed by atoms with Crippen molar-refractivity contribution in [2.75, 3.05) is 31.7 Å². The molecule has 0 saturated carbocycles. The van der Waals surface area contributed by atoms with Crippen molar-refractivity contribution in [3.05, 3.63) is 34.9 Å². The average molecular weight is 414 g/mol. The number of thioether (sulfide) groups is 1. The molecule has 0 spiro atoms. The molecule has 2 N–H and O–H groups in total. The van der Waals surface area contributed by atoms with Crippen molar-refractivity contribution < 1.29 is 23.9 Å². The fraction of sp³-hybridized carbons (Fsp3) is 0.412. The smallest absolute Gasteiger partial charge is 0.329 e. The van der Waals surface area contributed by atoms with Crippen LogP contribution in [0.5, 0.6) is 0 Å². The first-order chi connectivity index (χ1) is 12.9. The van der Waals surface area contributed by atoms with Crippen molar-refractivity contribution in [1.82, 2.24) is 15.5 Å². The van der Waals surface area contributed by atoms with E-state index in [0.717, 1.165) is 4.90 Å². The third-order valence-corrected chi connectivity index (χ3v) is 4.70. The van der Waals surface area contributed by atoms with Crippen molar-refractivity contribution in [2.45, 2.75) is 12.5 Å². The summed E-state index contributed by atoms with van der Waals surface area (Å²) in [6.45, 7) is 0.0449. The molecule has 0 aromatic heterocycles. The number of ether oxygens (including phenoxy) is 1. The summed E-state index contributed by atoms with van der Waals surface area (Å²) in [4.78, 5) is 49.0. The molecule has 1 aliphatic heterocycles. The van der Waals surface area contributed by atoms with E-state index >= 15 is 0 Å². The van der Waals surface area contributed by atoms with E-state index in [9.17, 15) is 19.2 Å². The average Bonchev–Trinajstić information content (AvgIpc) is 3.09. The van der Waals surface area contributed by atoms with Crippen LogP contribution in [0, 0.1) is 0 Å². The zero-order valence-corrected chi connectivity index (χ0v) is 16.3. The van der Waals surface area contributed by atoms with Gasteiger partial charge in [-0.3, -0.25) is 14.5 Å². The van der Waals surface area contributed by atoms with E-state index in [4.69, 9.17) is 16.3 Å². The number of rotatable bonds is 8. The third kappa shape index (κ3) is 6.14. The van der Waals surface area contributed by atoms with E-state index in [1.165, 1.54) is 11.8 Å². The number of imide groups is 1. The largest absolute Gasteiger partial charge is 0.454 e. The van der Waals surface area contributed by atoms with E-state index in [-0.39, 0.29) is 6.54 Å². The Morgan fingerprint density at radius 1 is 1.33 bits per heavy atom. The van der Waals surface area contributed by atoms with Crippen molar-refractivity contribution in [2.24, 2.45) is 0 Å². The Balaban J connectivity index is 1.94. The van der Waals surface area contributed by atoms with Crippen molar-refractivity contribution >= 4 is 47.2 Å². The third-order valence-electron chi connectivity index (χ3n) is 3.80. The Labute approximate surface area is 165 Å². The second-order valence-electron chi connectivity index (χ2n) is 5.70. The number of amides is 4. The Kier molecular flexibility index (Phi) is 7.93.